The molecule has 0 saturated carbocycles. The minimum atomic E-state index is -0.241. The first-order valence-corrected chi connectivity index (χ1v) is 5.29. The quantitative estimate of drug-likeness (QED) is 0.192. The van der Waals surface area contributed by atoms with Crippen molar-refractivity contribution in [3.8, 4) is 6.19 Å². The number of nitrogens with zero attached hydrogens (tertiary/aromatic N) is 4. The van der Waals surface area contributed by atoms with E-state index in [2.05, 4.69) is 15.3 Å². The summed E-state index contributed by atoms with van der Waals surface area (Å²) in [6.45, 7) is 1.09. The van der Waals surface area contributed by atoms with E-state index in [0.717, 1.165) is 0 Å². The highest BCUT2D eigenvalue weighted by atomic mass is 16.1. The van der Waals surface area contributed by atoms with Crippen molar-refractivity contribution in [2.45, 2.75) is 0 Å². The first kappa shape index (κ1) is 13.5. The Labute approximate surface area is 104 Å². The maximum absolute atomic E-state index is 11.5. The van der Waals surface area contributed by atoms with Crippen LogP contribution in [-0.4, -0.2) is 47.7 Å². The van der Waals surface area contributed by atoms with Crippen LogP contribution in [0.4, 0.5) is 5.82 Å². The van der Waals surface area contributed by atoms with E-state index in [0.29, 0.717) is 18.9 Å². The van der Waals surface area contributed by atoms with Gasteiger partial charge in [0.25, 0.3) is 11.8 Å². The third-order valence-corrected chi connectivity index (χ3v) is 2.42. The lowest BCUT2D eigenvalue weighted by atomic mass is 10.5. The molecular formula is C10H16N7O+. The molecule has 0 amide bonds. The zero-order chi connectivity index (χ0) is 13.5. The summed E-state index contributed by atoms with van der Waals surface area (Å²) in [7, 11) is 3.51. The number of aromatic nitrogens is 2. The smallest absolute Gasteiger partial charge is 0.352 e. The molecule has 1 aromatic rings. The van der Waals surface area contributed by atoms with Crippen molar-refractivity contribution in [3.05, 3.63) is 22.7 Å². The fourth-order valence-corrected chi connectivity index (χ4v) is 1.29. The second-order valence-corrected chi connectivity index (χ2v) is 3.71. The van der Waals surface area contributed by atoms with Crippen LogP contribution in [0.2, 0.25) is 0 Å². The minimum Gasteiger partial charge on any atom is -0.352 e. The second kappa shape index (κ2) is 6.24. The van der Waals surface area contributed by atoms with Gasteiger partial charge in [-0.05, 0) is 0 Å². The Bertz CT molecular complexity index is 528. The number of nitrogens with two attached hydrogens (primary N) is 1. The maximum Gasteiger partial charge on any atom is 0.357 e. The molecule has 18 heavy (non-hydrogen) atoms. The van der Waals surface area contributed by atoms with Gasteiger partial charge in [-0.15, -0.1) is 0 Å². The van der Waals surface area contributed by atoms with Crippen molar-refractivity contribution < 1.29 is 4.58 Å². The van der Waals surface area contributed by atoms with Crippen LogP contribution in [0.3, 0.4) is 0 Å². The highest BCUT2D eigenvalue weighted by molar-refractivity contribution is 5.74. The molecule has 0 aliphatic carbocycles. The Hall–Kier alpha value is -2.56. The lowest BCUT2D eigenvalue weighted by molar-refractivity contribution is -0.497. The van der Waals surface area contributed by atoms with Crippen molar-refractivity contribution in [2.75, 3.05) is 32.1 Å². The monoisotopic (exact) mass is 250 g/mol. The van der Waals surface area contributed by atoms with E-state index in [-0.39, 0.29) is 11.5 Å². The third kappa shape index (κ3) is 3.48. The number of rotatable bonds is 4. The Morgan fingerprint density at radius 2 is 2.50 bits per heavy atom. The van der Waals surface area contributed by atoms with Gasteiger partial charge in [-0.3, -0.25) is 15.1 Å². The summed E-state index contributed by atoms with van der Waals surface area (Å²) in [6.07, 6.45) is 4.75. The number of H-pyrrole nitrogens is 1. The van der Waals surface area contributed by atoms with Crippen LogP contribution >= 0.6 is 0 Å². The summed E-state index contributed by atoms with van der Waals surface area (Å²) in [6, 6.07) is 0. The van der Waals surface area contributed by atoms with Crippen LogP contribution in [0.1, 0.15) is 0 Å². The average Bonchev–Trinajstić information content (AvgIpc) is 2.36. The molecule has 0 bridgehead atoms. The zero-order valence-electron chi connectivity index (χ0n) is 10.3. The van der Waals surface area contributed by atoms with Crippen molar-refractivity contribution >= 4 is 11.8 Å². The molecule has 0 unspecified atom stereocenters. The van der Waals surface area contributed by atoms with Crippen molar-refractivity contribution in [2.24, 2.45) is 5.73 Å². The molecule has 0 aromatic carbocycles. The predicted octanol–water partition coefficient (Wildman–Crippen LogP) is -1.77. The Kier molecular flexibility index (Phi) is 4.68. The summed E-state index contributed by atoms with van der Waals surface area (Å²) in [5, 5.41) is 10.8. The number of likely N-dealkylation sites (N-methyl/N-ethyl adjacent to an activating group) is 2. The third-order valence-electron chi connectivity index (χ3n) is 2.42. The molecule has 0 aliphatic heterocycles. The molecule has 96 valence electrons. The van der Waals surface area contributed by atoms with E-state index >= 15 is 0 Å². The molecule has 0 atom stereocenters. The van der Waals surface area contributed by atoms with Gasteiger partial charge in [-0.1, -0.05) is 0 Å². The highest BCUT2D eigenvalue weighted by Crippen LogP contribution is 1.97. The van der Waals surface area contributed by atoms with Crippen LogP contribution in [0.5, 0.6) is 0 Å². The van der Waals surface area contributed by atoms with Gasteiger partial charge in [-0.2, -0.15) is 10.6 Å². The van der Waals surface area contributed by atoms with Gasteiger partial charge in [0.2, 0.25) is 0 Å². The van der Waals surface area contributed by atoms with Gasteiger partial charge in [0.1, 0.15) is 0 Å². The van der Waals surface area contributed by atoms with E-state index in [1.165, 1.54) is 12.4 Å². The number of nitriles is 1. The van der Waals surface area contributed by atoms with E-state index in [4.69, 9.17) is 11.0 Å². The SMILES string of the molecule is CN(CC[N+](C)=C(N)NC#N)c1ncc[nH]c1=O. The standard InChI is InChI=1S/C10H15N7O/c1-16(8-9(18)14-4-3-13-8)5-6-17(2)10(12)15-7-11/h3-4H,5-6H2,1-2H3,(H3,12,14,15,18)/p+1. The zero-order valence-corrected chi connectivity index (χ0v) is 10.3. The molecule has 1 aromatic heterocycles. The van der Waals surface area contributed by atoms with Crippen LogP contribution in [0, 0.1) is 11.5 Å². The van der Waals surface area contributed by atoms with Gasteiger partial charge in [-0.25, -0.2) is 4.98 Å². The molecule has 0 aliphatic rings. The molecular weight excluding hydrogens is 234 g/mol. The van der Waals surface area contributed by atoms with Crippen molar-refractivity contribution in [1.82, 2.24) is 15.3 Å². The topological polar surface area (TPSA) is 114 Å². The lowest BCUT2D eigenvalue weighted by Gasteiger charge is -2.16. The van der Waals surface area contributed by atoms with Gasteiger partial charge < -0.3 is 9.88 Å². The van der Waals surface area contributed by atoms with Crippen LogP contribution < -0.4 is 21.5 Å². The molecule has 8 heteroatoms. The number of aromatic amines is 1. The number of hydrogen-bond donors (Lipinski definition) is 3. The average molecular weight is 250 g/mol. The Morgan fingerprint density at radius 1 is 1.78 bits per heavy atom. The van der Waals surface area contributed by atoms with E-state index in [1.54, 1.807) is 29.8 Å². The first-order chi connectivity index (χ1) is 8.56. The molecule has 0 radical (unpaired) electrons. The lowest BCUT2D eigenvalue weighted by Crippen LogP contribution is -2.40. The molecule has 8 nitrogen and oxygen atoms in total. The number of anilines is 1. The largest absolute Gasteiger partial charge is 0.357 e. The minimum absolute atomic E-state index is 0.241. The normalized spacial score (nSPS) is 11.4. The molecule has 1 rings (SSSR count). The van der Waals surface area contributed by atoms with Crippen molar-refractivity contribution in [3.63, 3.8) is 0 Å². The molecule has 1 heterocycles. The first-order valence-electron chi connectivity index (χ1n) is 5.29. The van der Waals surface area contributed by atoms with Gasteiger partial charge in [0.05, 0.1) is 13.6 Å². The van der Waals surface area contributed by atoms with Crippen LogP contribution in [-0.2, 0) is 0 Å². The van der Waals surface area contributed by atoms with Gasteiger partial charge in [0, 0.05) is 26.0 Å². The molecule has 0 saturated heterocycles. The van der Waals surface area contributed by atoms with Crippen molar-refractivity contribution in [1.29, 1.82) is 5.26 Å². The van der Waals surface area contributed by atoms with Gasteiger partial charge >= 0.3 is 5.96 Å². The van der Waals surface area contributed by atoms with Gasteiger partial charge in [0.15, 0.2) is 5.82 Å². The van der Waals surface area contributed by atoms with Crippen LogP contribution in [0.15, 0.2) is 17.2 Å². The van der Waals surface area contributed by atoms with E-state index < -0.39 is 0 Å². The summed E-state index contributed by atoms with van der Waals surface area (Å²) in [5.41, 5.74) is 5.35. The molecule has 0 spiro atoms. The number of guanidine groups is 1. The summed E-state index contributed by atoms with van der Waals surface area (Å²) in [4.78, 5) is 19.7. The fourth-order valence-electron chi connectivity index (χ4n) is 1.29. The molecule has 0 fully saturated rings. The summed E-state index contributed by atoms with van der Waals surface area (Å²) in [5.74, 6) is 0.610. The highest BCUT2D eigenvalue weighted by Gasteiger charge is 2.09. The van der Waals surface area contributed by atoms with E-state index in [1.807, 2.05) is 0 Å². The summed E-state index contributed by atoms with van der Waals surface area (Å²) < 4.78 is 1.68. The number of nitrogens with one attached hydrogen (secondary N) is 2. The fraction of sp³-hybridized carbons (Fsp3) is 0.400. The maximum atomic E-state index is 11.5. The molecule has 4 N–H and O–H groups in total. The predicted molar refractivity (Wildman–Crippen MR) is 67.1 cm³/mol. The number of hydrogen-bond acceptors (Lipinski definition) is 4. The Balaban J connectivity index is 2.66. The van der Waals surface area contributed by atoms with E-state index in [9.17, 15) is 4.79 Å². The second-order valence-electron chi connectivity index (χ2n) is 3.71. The van der Waals surface area contributed by atoms with Crippen LogP contribution in [0.25, 0.3) is 0 Å². The summed E-state index contributed by atoms with van der Waals surface area (Å²) >= 11 is 0. The Morgan fingerprint density at radius 3 is 3.11 bits per heavy atom.